The summed E-state index contributed by atoms with van der Waals surface area (Å²) in [4.78, 5) is 30.0. The zero-order valence-corrected chi connectivity index (χ0v) is 15.7. The van der Waals surface area contributed by atoms with Crippen LogP contribution < -0.4 is 0 Å². The van der Waals surface area contributed by atoms with Crippen LogP contribution >= 0.6 is 11.6 Å². The third kappa shape index (κ3) is 3.61. The second kappa shape index (κ2) is 7.88. The third-order valence-corrected chi connectivity index (χ3v) is 6.06. The van der Waals surface area contributed by atoms with Crippen molar-refractivity contribution in [2.75, 3.05) is 26.7 Å². The number of halogens is 1. The number of rotatable bonds is 4. The predicted octanol–water partition coefficient (Wildman–Crippen LogP) is 3.62. The molecular formula is C20H27ClN2O2. The second-order valence-corrected chi connectivity index (χ2v) is 7.67. The van der Waals surface area contributed by atoms with Crippen LogP contribution in [0, 0.1) is 0 Å². The number of amides is 1. The van der Waals surface area contributed by atoms with E-state index >= 15 is 0 Å². The quantitative estimate of drug-likeness (QED) is 0.821. The molecule has 0 spiro atoms. The van der Waals surface area contributed by atoms with Gasteiger partial charge < -0.3 is 4.90 Å². The summed E-state index contributed by atoms with van der Waals surface area (Å²) in [5, 5.41) is 0.565. The lowest BCUT2D eigenvalue weighted by molar-refractivity contribution is -0.148. The van der Waals surface area contributed by atoms with E-state index in [0.717, 1.165) is 44.3 Å². The molecule has 5 heteroatoms. The van der Waals surface area contributed by atoms with Crippen molar-refractivity contribution in [3.63, 3.8) is 0 Å². The Kier molecular flexibility index (Phi) is 5.80. The van der Waals surface area contributed by atoms with Crippen molar-refractivity contribution in [3.05, 3.63) is 34.9 Å². The van der Waals surface area contributed by atoms with E-state index in [1.54, 1.807) is 11.9 Å². The van der Waals surface area contributed by atoms with Crippen molar-refractivity contribution in [3.8, 4) is 0 Å². The minimum atomic E-state index is -0.913. The summed E-state index contributed by atoms with van der Waals surface area (Å²) in [6.07, 6.45) is 6.50. The molecule has 1 aliphatic heterocycles. The van der Waals surface area contributed by atoms with Gasteiger partial charge in [-0.05, 0) is 51.3 Å². The molecular weight excluding hydrogens is 336 g/mol. The smallest absolute Gasteiger partial charge is 0.237 e. The van der Waals surface area contributed by atoms with Gasteiger partial charge >= 0.3 is 0 Å². The Morgan fingerprint density at radius 3 is 2.56 bits per heavy atom. The number of hydrogen-bond donors (Lipinski definition) is 0. The van der Waals surface area contributed by atoms with Crippen LogP contribution in [0.25, 0.3) is 0 Å². The Morgan fingerprint density at radius 2 is 1.88 bits per heavy atom. The van der Waals surface area contributed by atoms with Crippen LogP contribution in [0.5, 0.6) is 0 Å². The molecule has 1 atom stereocenters. The number of likely N-dealkylation sites (tertiary alicyclic amines) is 1. The van der Waals surface area contributed by atoms with Gasteiger partial charge in [0.25, 0.3) is 0 Å². The van der Waals surface area contributed by atoms with Gasteiger partial charge in [0.05, 0.1) is 6.54 Å². The normalized spacial score (nSPS) is 25.0. The number of piperidine rings is 1. The fourth-order valence-corrected chi connectivity index (χ4v) is 4.55. The van der Waals surface area contributed by atoms with E-state index in [2.05, 4.69) is 4.90 Å². The first-order chi connectivity index (χ1) is 12.1. The summed E-state index contributed by atoms with van der Waals surface area (Å²) < 4.78 is 0. The summed E-state index contributed by atoms with van der Waals surface area (Å²) in [5.74, 6) is 0.124. The Labute approximate surface area is 155 Å². The first kappa shape index (κ1) is 18.4. The second-order valence-electron chi connectivity index (χ2n) is 7.26. The van der Waals surface area contributed by atoms with Crippen LogP contribution in [-0.4, -0.2) is 48.2 Å². The first-order valence-electron chi connectivity index (χ1n) is 9.33. The van der Waals surface area contributed by atoms with Crippen LogP contribution in [0.2, 0.25) is 5.02 Å². The van der Waals surface area contributed by atoms with Gasteiger partial charge in [-0.2, -0.15) is 0 Å². The molecule has 2 fully saturated rings. The van der Waals surface area contributed by atoms with Crippen LogP contribution in [-0.2, 0) is 15.1 Å². The topological polar surface area (TPSA) is 40.6 Å². The van der Waals surface area contributed by atoms with Gasteiger partial charge in [0.15, 0.2) is 5.78 Å². The van der Waals surface area contributed by atoms with Gasteiger partial charge in [0, 0.05) is 24.1 Å². The highest BCUT2D eigenvalue weighted by Gasteiger charge is 2.47. The number of ketones is 1. The van der Waals surface area contributed by atoms with Gasteiger partial charge in [-0.25, -0.2) is 0 Å². The Hall–Kier alpha value is -1.39. The van der Waals surface area contributed by atoms with E-state index in [-0.39, 0.29) is 11.7 Å². The molecule has 25 heavy (non-hydrogen) atoms. The molecule has 0 radical (unpaired) electrons. The summed E-state index contributed by atoms with van der Waals surface area (Å²) in [6.45, 7) is 2.31. The number of nitrogens with zero attached hydrogens (tertiary/aromatic N) is 2. The van der Waals surface area contributed by atoms with Crippen LogP contribution in [0.15, 0.2) is 24.3 Å². The average molecular weight is 363 g/mol. The van der Waals surface area contributed by atoms with Crippen molar-refractivity contribution in [1.82, 2.24) is 9.80 Å². The van der Waals surface area contributed by atoms with Gasteiger partial charge in [0.2, 0.25) is 5.91 Å². The molecule has 0 N–H and O–H groups in total. The highest BCUT2D eigenvalue weighted by atomic mass is 35.5. The molecule has 1 aromatic rings. The van der Waals surface area contributed by atoms with Gasteiger partial charge in [-0.3, -0.25) is 14.5 Å². The van der Waals surface area contributed by atoms with Crippen LogP contribution in [0.3, 0.4) is 0 Å². The van der Waals surface area contributed by atoms with E-state index in [1.165, 1.54) is 6.42 Å². The number of benzene rings is 1. The van der Waals surface area contributed by atoms with Crippen molar-refractivity contribution < 1.29 is 9.59 Å². The standard InChI is InChI=1S/C20H27ClN2O2/c1-22(19(25)15-23-13-7-2-8-14-23)20(12-6-5-11-18(20)24)16-9-3-4-10-17(16)21/h3-4,9-10H,2,5-8,11-15H2,1H3/t20-/m0/s1. The third-order valence-electron chi connectivity index (χ3n) is 5.73. The van der Waals surface area contributed by atoms with Crippen molar-refractivity contribution in [2.45, 2.75) is 50.5 Å². The molecule has 1 saturated carbocycles. The minimum Gasteiger partial charge on any atom is -0.328 e. The van der Waals surface area contributed by atoms with E-state index in [4.69, 9.17) is 11.6 Å². The lowest BCUT2D eigenvalue weighted by Crippen LogP contribution is -2.56. The lowest BCUT2D eigenvalue weighted by Gasteiger charge is -2.44. The fourth-order valence-electron chi connectivity index (χ4n) is 4.26. The number of Topliss-reactive ketones (excluding diaryl/α,β-unsaturated/α-hetero) is 1. The molecule has 1 saturated heterocycles. The van der Waals surface area contributed by atoms with Crippen molar-refractivity contribution in [1.29, 1.82) is 0 Å². The molecule has 4 nitrogen and oxygen atoms in total. The summed E-state index contributed by atoms with van der Waals surface area (Å²) in [6, 6.07) is 7.47. The lowest BCUT2D eigenvalue weighted by atomic mass is 9.74. The summed E-state index contributed by atoms with van der Waals surface area (Å²) in [7, 11) is 1.78. The Balaban J connectivity index is 1.90. The monoisotopic (exact) mass is 362 g/mol. The van der Waals surface area contributed by atoms with Gasteiger partial charge in [0.1, 0.15) is 5.54 Å². The fraction of sp³-hybridized carbons (Fsp3) is 0.600. The Bertz CT molecular complexity index is 642. The molecule has 1 aromatic carbocycles. The van der Waals surface area contributed by atoms with Gasteiger partial charge in [-0.15, -0.1) is 0 Å². The SMILES string of the molecule is CN(C(=O)CN1CCCCC1)[C@]1(c2ccccc2Cl)CCCCC1=O. The molecule has 0 bridgehead atoms. The van der Waals surface area contributed by atoms with E-state index < -0.39 is 5.54 Å². The first-order valence-corrected chi connectivity index (χ1v) is 9.71. The molecule has 2 aliphatic rings. The van der Waals surface area contributed by atoms with E-state index in [9.17, 15) is 9.59 Å². The number of likely N-dealkylation sites (N-methyl/N-ethyl adjacent to an activating group) is 1. The molecule has 0 aromatic heterocycles. The molecule has 1 heterocycles. The largest absolute Gasteiger partial charge is 0.328 e. The zero-order valence-electron chi connectivity index (χ0n) is 15.0. The highest BCUT2D eigenvalue weighted by molar-refractivity contribution is 6.31. The summed E-state index contributed by atoms with van der Waals surface area (Å²) >= 11 is 6.45. The maximum Gasteiger partial charge on any atom is 0.237 e. The molecule has 0 unspecified atom stereocenters. The minimum absolute atomic E-state index is 0.0112. The van der Waals surface area contributed by atoms with E-state index in [0.29, 0.717) is 24.4 Å². The van der Waals surface area contributed by atoms with Crippen molar-refractivity contribution in [2.24, 2.45) is 0 Å². The Morgan fingerprint density at radius 1 is 1.16 bits per heavy atom. The molecule has 1 aliphatic carbocycles. The van der Waals surface area contributed by atoms with E-state index in [1.807, 2.05) is 24.3 Å². The maximum atomic E-state index is 13.0. The average Bonchev–Trinajstić information content (AvgIpc) is 2.63. The summed E-state index contributed by atoms with van der Waals surface area (Å²) in [5.41, 5.74) is -0.139. The molecule has 136 valence electrons. The van der Waals surface area contributed by atoms with Gasteiger partial charge in [-0.1, -0.05) is 36.2 Å². The van der Waals surface area contributed by atoms with Crippen LogP contribution in [0.4, 0.5) is 0 Å². The number of carbonyl (C=O) groups is 2. The highest BCUT2D eigenvalue weighted by Crippen LogP contribution is 2.42. The number of carbonyl (C=O) groups excluding carboxylic acids is 2. The predicted molar refractivity (Wildman–Crippen MR) is 99.7 cm³/mol. The maximum absolute atomic E-state index is 13.0. The number of hydrogen-bond acceptors (Lipinski definition) is 3. The zero-order chi connectivity index (χ0) is 17.9. The molecule has 1 amide bonds. The van der Waals surface area contributed by atoms with Crippen molar-refractivity contribution >= 4 is 23.3 Å². The van der Waals surface area contributed by atoms with Crippen LogP contribution in [0.1, 0.15) is 50.5 Å². The molecule has 3 rings (SSSR count).